The van der Waals surface area contributed by atoms with Gasteiger partial charge >= 0.3 is 0 Å². The van der Waals surface area contributed by atoms with E-state index in [0.29, 0.717) is 29.4 Å². The number of carbonyl (C=O) groups is 1. The highest BCUT2D eigenvalue weighted by Gasteiger charge is 2.10. The van der Waals surface area contributed by atoms with Gasteiger partial charge in [0.05, 0.1) is 6.26 Å². The second-order valence-corrected chi connectivity index (χ2v) is 10.8. The molecule has 5 aromatic rings. The molecule has 1 amide bonds. The maximum absolute atomic E-state index is 13.1. The summed E-state index contributed by atoms with van der Waals surface area (Å²) >= 11 is 0. The lowest BCUT2D eigenvalue weighted by Crippen LogP contribution is -2.22. The van der Waals surface area contributed by atoms with Crippen molar-refractivity contribution in [1.82, 2.24) is 19.9 Å². The summed E-state index contributed by atoms with van der Waals surface area (Å²) in [5.74, 6) is -0.139. The van der Waals surface area contributed by atoms with E-state index in [1.54, 1.807) is 47.0 Å². The number of sulfonamides is 1. The number of carbonyl (C=O) groups excluding carboxylic acids is 1. The minimum absolute atomic E-state index is 0.219. The summed E-state index contributed by atoms with van der Waals surface area (Å²) in [5, 5.41) is 10.5. The minimum Gasteiger partial charge on any atom is -0.348 e. The van der Waals surface area contributed by atoms with Gasteiger partial charge in [-0.05, 0) is 78.2 Å². The fourth-order valence-electron chi connectivity index (χ4n) is 4.01. The van der Waals surface area contributed by atoms with Crippen molar-refractivity contribution in [3.63, 3.8) is 0 Å². The van der Waals surface area contributed by atoms with Gasteiger partial charge in [-0.25, -0.2) is 17.3 Å². The lowest BCUT2D eigenvalue weighted by atomic mass is 10.1. The average Bonchev–Trinajstić information content (AvgIpc) is 3.30. The fourth-order valence-corrected chi connectivity index (χ4v) is 4.56. The van der Waals surface area contributed by atoms with Gasteiger partial charge in [0.2, 0.25) is 16.0 Å². The van der Waals surface area contributed by atoms with Crippen molar-refractivity contribution >= 4 is 38.9 Å². The molecule has 2 heterocycles. The number of aromatic nitrogens is 3. The summed E-state index contributed by atoms with van der Waals surface area (Å²) in [6.45, 7) is 2.16. The van der Waals surface area contributed by atoms with Crippen LogP contribution in [0.5, 0.6) is 0 Å². The third kappa shape index (κ3) is 6.39. The van der Waals surface area contributed by atoms with E-state index >= 15 is 0 Å². The van der Waals surface area contributed by atoms with E-state index in [-0.39, 0.29) is 11.7 Å². The Hall–Kier alpha value is -4.77. The van der Waals surface area contributed by atoms with Crippen molar-refractivity contribution in [2.45, 2.75) is 13.5 Å². The van der Waals surface area contributed by atoms with E-state index in [1.807, 2.05) is 37.4 Å². The summed E-state index contributed by atoms with van der Waals surface area (Å²) in [6.07, 6.45) is 2.95. The molecule has 0 aliphatic heterocycles. The van der Waals surface area contributed by atoms with Crippen LogP contribution in [0.25, 0.3) is 16.8 Å². The van der Waals surface area contributed by atoms with Crippen LogP contribution in [0, 0.1) is 12.7 Å². The molecule has 0 atom stereocenters. The predicted molar refractivity (Wildman–Crippen MR) is 149 cm³/mol. The fraction of sp³-hybridized carbons (Fsp3) is 0.107. The first-order valence-electron chi connectivity index (χ1n) is 12.0. The number of amides is 1. The van der Waals surface area contributed by atoms with Crippen LogP contribution in [0.1, 0.15) is 21.5 Å². The number of benzene rings is 3. The van der Waals surface area contributed by atoms with Gasteiger partial charge in [-0.1, -0.05) is 24.3 Å². The Morgan fingerprint density at radius 2 is 1.67 bits per heavy atom. The van der Waals surface area contributed by atoms with Crippen molar-refractivity contribution in [2.24, 2.45) is 0 Å². The number of fused-ring (bicyclic) bond motifs is 1. The quantitative estimate of drug-likeness (QED) is 0.256. The summed E-state index contributed by atoms with van der Waals surface area (Å²) in [4.78, 5) is 17.0. The van der Waals surface area contributed by atoms with Crippen LogP contribution in [-0.4, -0.2) is 35.2 Å². The summed E-state index contributed by atoms with van der Waals surface area (Å²) in [7, 11) is -3.36. The van der Waals surface area contributed by atoms with Gasteiger partial charge in [-0.15, -0.1) is 5.10 Å². The molecule has 11 heteroatoms. The van der Waals surface area contributed by atoms with Gasteiger partial charge in [0.15, 0.2) is 5.65 Å². The van der Waals surface area contributed by atoms with Crippen molar-refractivity contribution in [3.05, 3.63) is 108 Å². The summed E-state index contributed by atoms with van der Waals surface area (Å²) < 4.78 is 40.1. The number of hydrogen-bond acceptors (Lipinski definition) is 6. The van der Waals surface area contributed by atoms with Crippen LogP contribution in [-0.2, 0) is 16.6 Å². The molecule has 0 unspecified atom stereocenters. The number of anilines is 3. The number of aryl methyl sites for hydroxylation is 1. The van der Waals surface area contributed by atoms with Gasteiger partial charge < -0.3 is 10.6 Å². The lowest BCUT2D eigenvalue weighted by Gasteiger charge is -2.09. The average molecular weight is 545 g/mol. The third-order valence-electron chi connectivity index (χ3n) is 5.95. The Bertz CT molecular complexity index is 1770. The van der Waals surface area contributed by atoms with Crippen LogP contribution >= 0.6 is 0 Å². The SMILES string of the molecule is Cc1cc(NS(C)(=O)=O)ccc1Nc1nc2ccc(-c3ccc(C(=O)NCc4ccc(F)cc4)cc3)cn2n1. The van der Waals surface area contributed by atoms with Crippen molar-refractivity contribution in [3.8, 4) is 11.1 Å². The predicted octanol–water partition coefficient (Wildman–Crippen LogP) is 4.89. The first-order chi connectivity index (χ1) is 18.6. The topological polar surface area (TPSA) is 117 Å². The first kappa shape index (κ1) is 25.9. The summed E-state index contributed by atoms with van der Waals surface area (Å²) in [6, 6.07) is 22.1. The van der Waals surface area contributed by atoms with Crippen molar-refractivity contribution < 1.29 is 17.6 Å². The molecule has 0 spiro atoms. The zero-order valence-corrected chi connectivity index (χ0v) is 22.0. The molecule has 0 bridgehead atoms. The van der Waals surface area contributed by atoms with Crippen molar-refractivity contribution in [2.75, 3.05) is 16.3 Å². The molecule has 0 radical (unpaired) electrons. The first-order valence-corrected chi connectivity index (χ1v) is 13.9. The second-order valence-electron chi connectivity index (χ2n) is 9.07. The highest BCUT2D eigenvalue weighted by Crippen LogP contribution is 2.24. The third-order valence-corrected chi connectivity index (χ3v) is 6.56. The van der Waals surface area contributed by atoms with Gasteiger partial charge in [0.25, 0.3) is 5.91 Å². The second kappa shape index (κ2) is 10.5. The molecular formula is C28H25FN6O3S. The van der Waals surface area contributed by atoms with E-state index in [9.17, 15) is 17.6 Å². The molecule has 0 aliphatic carbocycles. The smallest absolute Gasteiger partial charge is 0.251 e. The molecule has 3 aromatic carbocycles. The molecule has 0 saturated carbocycles. The van der Waals surface area contributed by atoms with Gasteiger partial charge in [-0.2, -0.15) is 4.98 Å². The maximum Gasteiger partial charge on any atom is 0.251 e. The minimum atomic E-state index is -3.36. The van der Waals surface area contributed by atoms with Crippen LogP contribution in [0.4, 0.5) is 21.7 Å². The number of hydrogen-bond donors (Lipinski definition) is 3. The number of rotatable bonds is 8. The Balaban J connectivity index is 1.27. The zero-order chi connectivity index (χ0) is 27.6. The molecule has 9 nitrogen and oxygen atoms in total. The number of nitrogens with zero attached hydrogens (tertiary/aromatic N) is 3. The molecule has 2 aromatic heterocycles. The van der Waals surface area contributed by atoms with Crippen molar-refractivity contribution in [1.29, 1.82) is 0 Å². The molecule has 0 aliphatic rings. The maximum atomic E-state index is 13.1. The number of halogens is 1. The molecule has 198 valence electrons. The monoisotopic (exact) mass is 544 g/mol. The zero-order valence-electron chi connectivity index (χ0n) is 21.1. The molecule has 0 saturated heterocycles. The highest BCUT2D eigenvalue weighted by molar-refractivity contribution is 7.92. The van der Waals surface area contributed by atoms with Gasteiger partial charge in [0, 0.05) is 35.2 Å². The lowest BCUT2D eigenvalue weighted by molar-refractivity contribution is 0.0951. The van der Waals surface area contributed by atoms with Gasteiger partial charge in [0.1, 0.15) is 5.82 Å². The van der Waals surface area contributed by atoms with E-state index in [4.69, 9.17) is 0 Å². The molecule has 5 rings (SSSR count). The van der Waals surface area contributed by atoms with Crippen LogP contribution in [0.15, 0.2) is 85.1 Å². The van der Waals surface area contributed by atoms with Crippen LogP contribution in [0.2, 0.25) is 0 Å². The molecule has 0 fully saturated rings. The van der Waals surface area contributed by atoms with E-state index < -0.39 is 10.0 Å². The molecule has 39 heavy (non-hydrogen) atoms. The Labute approximate surface area is 224 Å². The van der Waals surface area contributed by atoms with Crippen LogP contribution in [0.3, 0.4) is 0 Å². The largest absolute Gasteiger partial charge is 0.348 e. The standard InChI is InChI=1S/C28H25FN6O3S/c1-18-15-24(34-39(2,37)38)12-13-25(18)31-28-32-26-14-9-22(17-35(26)33-28)20-5-7-21(8-6-20)27(36)30-16-19-3-10-23(29)11-4-19/h3-15,17,34H,16H2,1-2H3,(H,30,36)(H,31,33). The number of nitrogens with one attached hydrogen (secondary N) is 3. The normalized spacial score (nSPS) is 11.4. The van der Waals surface area contributed by atoms with E-state index in [0.717, 1.165) is 34.2 Å². The molecule has 3 N–H and O–H groups in total. The number of pyridine rings is 1. The van der Waals surface area contributed by atoms with Crippen LogP contribution < -0.4 is 15.4 Å². The van der Waals surface area contributed by atoms with Gasteiger partial charge in [-0.3, -0.25) is 9.52 Å². The Kier molecular flexibility index (Phi) is 6.99. The highest BCUT2D eigenvalue weighted by atomic mass is 32.2. The summed E-state index contributed by atoms with van der Waals surface area (Å²) in [5.41, 5.74) is 5.82. The van der Waals surface area contributed by atoms with E-state index in [1.165, 1.54) is 12.1 Å². The van der Waals surface area contributed by atoms with E-state index in [2.05, 4.69) is 25.4 Å². The Morgan fingerprint density at radius 1 is 0.949 bits per heavy atom. The Morgan fingerprint density at radius 3 is 2.36 bits per heavy atom. The molecular weight excluding hydrogens is 519 g/mol.